The highest BCUT2D eigenvalue weighted by atomic mass is 35.5. The smallest absolute Gasteiger partial charge is 0.108 e. The Morgan fingerprint density at radius 1 is 0.967 bits per heavy atom. The zero-order chi connectivity index (χ0) is 20.8. The minimum atomic E-state index is 0. The number of alkyl halides is 1. The summed E-state index contributed by atoms with van der Waals surface area (Å²) >= 11 is 7.50. The van der Waals surface area contributed by atoms with Crippen LogP contribution in [0.4, 0.5) is 5.69 Å². The third-order valence-corrected chi connectivity index (χ3v) is 6.83. The second kappa shape index (κ2) is 11.7. The van der Waals surface area contributed by atoms with E-state index in [1.807, 2.05) is 0 Å². The van der Waals surface area contributed by atoms with Crippen molar-refractivity contribution in [2.24, 2.45) is 0 Å². The molecule has 0 spiro atoms. The first-order valence-corrected chi connectivity index (χ1v) is 11.9. The van der Waals surface area contributed by atoms with Crippen LogP contribution >= 0.6 is 35.3 Å². The van der Waals surface area contributed by atoms with Gasteiger partial charge in [-0.3, -0.25) is 0 Å². The van der Waals surface area contributed by atoms with Crippen LogP contribution in [0, 0.1) is 0 Å². The molecule has 0 radical (unpaired) electrons. The van der Waals surface area contributed by atoms with E-state index in [2.05, 4.69) is 91.5 Å². The van der Waals surface area contributed by atoms with Crippen LogP contribution in [0.2, 0.25) is 0 Å². The van der Waals surface area contributed by atoms with E-state index in [1.165, 1.54) is 29.7 Å². The molecule has 30 heavy (non-hydrogen) atoms. The van der Waals surface area contributed by atoms with Crippen LogP contribution in [0.3, 0.4) is 0 Å². The van der Waals surface area contributed by atoms with E-state index >= 15 is 0 Å². The molecule has 0 N–H and O–H groups in total. The minimum absolute atomic E-state index is 0. The highest BCUT2D eigenvalue weighted by Crippen LogP contribution is 2.28. The molecule has 3 aromatic rings. The molecule has 0 aliphatic heterocycles. The number of thiazole rings is 1. The number of nitrogens with zero attached hydrogens (tertiary/aromatic N) is 2. The van der Waals surface area contributed by atoms with Gasteiger partial charge in [-0.25, -0.2) is 4.98 Å². The molecule has 2 nitrogen and oxygen atoms in total. The highest BCUT2D eigenvalue weighted by Gasteiger charge is 2.13. The molecule has 0 aliphatic rings. The summed E-state index contributed by atoms with van der Waals surface area (Å²) in [6.45, 7) is 9.95. The van der Waals surface area contributed by atoms with Crippen molar-refractivity contribution >= 4 is 41.0 Å². The predicted octanol–water partition coefficient (Wildman–Crippen LogP) is 8.29. The van der Waals surface area contributed by atoms with Gasteiger partial charge in [0.25, 0.3) is 0 Å². The van der Waals surface area contributed by atoms with Gasteiger partial charge in [0.15, 0.2) is 0 Å². The van der Waals surface area contributed by atoms with Crippen molar-refractivity contribution in [2.75, 3.05) is 4.90 Å². The lowest BCUT2D eigenvalue weighted by atomic mass is 9.94. The molecule has 0 fully saturated rings. The van der Waals surface area contributed by atoms with Gasteiger partial charge in [-0.15, -0.1) is 35.3 Å². The Morgan fingerprint density at radius 2 is 1.60 bits per heavy atom. The van der Waals surface area contributed by atoms with Gasteiger partial charge < -0.3 is 4.90 Å². The summed E-state index contributed by atoms with van der Waals surface area (Å²) in [5.74, 6) is 1.14. The fourth-order valence-electron chi connectivity index (χ4n) is 3.75. The summed E-state index contributed by atoms with van der Waals surface area (Å²) < 4.78 is 0. The standard InChI is InChI=1S/C25H31ClN2S.ClH/c1-5-20(6-2)21-11-13-23(14-12-21)28(18(3)4)16-19-7-9-22(10-8-19)24-17-29-25(15-26)27-24;/h7-14,17-18,20H,5-6,15-16H2,1-4H3;1H. The van der Waals surface area contributed by atoms with Crippen molar-refractivity contribution in [3.8, 4) is 11.3 Å². The van der Waals surface area contributed by atoms with Gasteiger partial charge in [0.1, 0.15) is 5.01 Å². The first kappa shape index (κ1) is 24.7. The van der Waals surface area contributed by atoms with E-state index in [4.69, 9.17) is 11.6 Å². The SMILES string of the molecule is CCC(CC)c1ccc(N(Cc2ccc(-c3csc(CCl)n3)cc2)C(C)C)cc1.Cl. The fourth-order valence-corrected chi connectivity index (χ4v) is 4.65. The molecular weight excluding hydrogens is 431 g/mol. The zero-order valence-electron chi connectivity index (χ0n) is 18.3. The van der Waals surface area contributed by atoms with Gasteiger partial charge in [0.2, 0.25) is 0 Å². The predicted molar refractivity (Wildman–Crippen MR) is 135 cm³/mol. The summed E-state index contributed by atoms with van der Waals surface area (Å²) in [6, 6.07) is 18.4. The maximum absolute atomic E-state index is 5.88. The molecule has 0 amide bonds. The average molecular weight is 464 g/mol. The van der Waals surface area contributed by atoms with Crippen LogP contribution in [-0.2, 0) is 12.4 Å². The van der Waals surface area contributed by atoms with Crippen molar-refractivity contribution in [3.05, 3.63) is 70.0 Å². The van der Waals surface area contributed by atoms with E-state index in [1.54, 1.807) is 11.3 Å². The van der Waals surface area contributed by atoms with Crippen LogP contribution < -0.4 is 4.90 Å². The van der Waals surface area contributed by atoms with Crippen molar-refractivity contribution < 1.29 is 0 Å². The molecule has 5 heteroatoms. The molecular formula is C25H32Cl2N2S. The van der Waals surface area contributed by atoms with Crippen LogP contribution in [0.5, 0.6) is 0 Å². The van der Waals surface area contributed by atoms with Gasteiger partial charge in [0.05, 0.1) is 11.6 Å². The Balaban J connectivity index is 0.00000320. The molecule has 0 bridgehead atoms. The monoisotopic (exact) mass is 462 g/mol. The molecule has 0 aliphatic carbocycles. The Bertz CT molecular complexity index is 884. The summed E-state index contributed by atoms with van der Waals surface area (Å²) in [4.78, 5) is 7.04. The normalized spacial score (nSPS) is 11.0. The molecule has 0 unspecified atom stereocenters. The highest BCUT2D eigenvalue weighted by molar-refractivity contribution is 7.10. The first-order valence-electron chi connectivity index (χ1n) is 10.5. The van der Waals surface area contributed by atoms with E-state index in [0.29, 0.717) is 17.8 Å². The van der Waals surface area contributed by atoms with E-state index in [9.17, 15) is 0 Å². The molecule has 0 atom stereocenters. The lowest BCUT2D eigenvalue weighted by Gasteiger charge is -2.30. The third kappa shape index (κ3) is 6.00. The Morgan fingerprint density at radius 3 is 2.10 bits per heavy atom. The second-order valence-electron chi connectivity index (χ2n) is 7.78. The van der Waals surface area contributed by atoms with Gasteiger partial charge in [-0.1, -0.05) is 50.2 Å². The number of halogens is 2. The quantitative estimate of drug-likeness (QED) is 0.297. The minimum Gasteiger partial charge on any atom is -0.365 e. The summed E-state index contributed by atoms with van der Waals surface area (Å²) in [7, 11) is 0. The van der Waals surface area contributed by atoms with E-state index < -0.39 is 0 Å². The first-order chi connectivity index (χ1) is 14.0. The van der Waals surface area contributed by atoms with Crippen molar-refractivity contribution in [1.29, 1.82) is 0 Å². The second-order valence-corrected chi connectivity index (χ2v) is 8.99. The van der Waals surface area contributed by atoms with Gasteiger partial charge in [0, 0.05) is 29.2 Å². The maximum atomic E-state index is 5.88. The summed E-state index contributed by atoms with van der Waals surface area (Å²) in [6.07, 6.45) is 2.39. The van der Waals surface area contributed by atoms with Crippen molar-refractivity contribution in [3.63, 3.8) is 0 Å². The molecule has 3 rings (SSSR count). The van der Waals surface area contributed by atoms with Crippen LogP contribution in [0.15, 0.2) is 53.9 Å². The van der Waals surface area contributed by atoms with Crippen LogP contribution in [-0.4, -0.2) is 11.0 Å². The number of anilines is 1. The van der Waals surface area contributed by atoms with Gasteiger partial charge in [-0.2, -0.15) is 0 Å². The lowest BCUT2D eigenvalue weighted by molar-refractivity contribution is 0.640. The number of hydrogen-bond donors (Lipinski definition) is 0. The Hall–Kier alpha value is -1.55. The summed E-state index contributed by atoms with van der Waals surface area (Å²) in [5.41, 5.74) is 6.19. The number of rotatable bonds is 9. The van der Waals surface area contributed by atoms with Crippen molar-refractivity contribution in [1.82, 2.24) is 4.98 Å². The maximum Gasteiger partial charge on any atom is 0.108 e. The van der Waals surface area contributed by atoms with Gasteiger partial charge >= 0.3 is 0 Å². The lowest BCUT2D eigenvalue weighted by Crippen LogP contribution is -2.30. The topological polar surface area (TPSA) is 16.1 Å². The van der Waals surface area contributed by atoms with Crippen LogP contribution in [0.25, 0.3) is 11.3 Å². The largest absolute Gasteiger partial charge is 0.365 e. The van der Waals surface area contributed by atoms with Crippen LogP contribution in [0.1, 0.15) is 62.6 Å². The summed E-state index contributed by atoms with van der Waals surface area (Å²) in [5, 5.41) is 3.04. The Kier molecular flexibility index (Phi) is 9.67. The number of benzene rings is 2. The third-order valence-electron chi connectivity index (χ3n) is 5.57. The average Bonchev–Trinajstić information content (AvgIpc) is 3.23. The fraction of sp³-hybridized carbons (Fsp3) is 0.400. The van der Waals surface area contributed by atoms with Gasteiger partial charge in [-0.05, 0) is 55.9 Å². The molecule has 0 saturated carbocycles. The number of hydrogen-bond acceptors (Lipinski definition) is 3. The molecule has 2 aromatic carbocycles. The molecule has 0 saturated heterocycles. The zero-order valence-corrected chi connectivity index (χ0v) is 20.7. The number of aromatic nitrogens is 1. The molecule has 162 valence electrons. The molecule has 1 aromatic heterocycles. The van der Waals surface area contributed by atoms with Crippen molar-refractivity contribution in [2.45, 2.75) is 64.9 Å². The Labute approximate surface area is 196 Å². The van der Waals surface area contributed by atoms with E-state index in [-0.39, 0.29) is 12.4 Å². The van der Waals surface area contributed by atoms with E-state index in [0.717, 1.165) is 22.8 Å². The molecule has 1 heterocycles.